The molecule has 5 rings (SSSR count). The van der Waals surface area contributed by atoms with Gasteiger partial charge < -0.3 is 4.90 Å². The Morgan fingerprint density at radius 3 is 2.69 bits per heavy atom. The molecule has 0 aliphatic carbocycles. The van der Waals surface area contributed by atoms with E-state index in [2.05, 4.69) is 24.8 Å². The largest absolute Gasteiger partial charge is 0.393 e. The summed E-state index contributed by atoms with van der Waals surface area (Å²) in [4.78, 5) is 18.2. The molecule has 5 nitrogen and oxygen atoms in total. The molecule has 11 heteroatoms. The maximum absolute atomic E-state index is 12.8. The number of rotatable bonds is 4. The van der Waals surface area contributed by atoms with Crippen LogP contribution in [0.4, 0.5) is 19.0 Å². The normalized spacial score (nSPS) is 22.0. The fourth-order valence-electron chi connectivity index (χ4n) is 4.79. The van der Waals surface area contributed by atoms with Crippen LogP contribution >= 0.6 is 34.5 Å². The maximum atomic E-state index is 12.8. The van der Waals surface area contributed by atoms with E-state index in [1.807, 2.05) is 6.07 Å². The zero-order valence-corrected chi connectivity index (χ0v) is 19.3. The van der Waals surface area contributed by atoms with Crippen molar-refractivity contribution in [2.45, 2.75) is 25.6 Å². The van der Waals surface area contributed by atoms with Gasteiger partial charge in [-0.1, -0.05) is 29.3 Å². The number of pyridine rings is 1. The van der Waals surface area contributed by atoms with Crippen molar-refractivity contribution in [1.82, 2.24) is 19.9 Å². The van der Waals surface area contributed by atoms with E-state index in [9.17, 15) is 13.2 Å². The maximum Gasteiger partial charge on any atom is 0.393 e. The highest BCUT2D eigenvalue weighted by molar-refractivity contribution is 7.18. The van der Waals surface area contributed by atoms with Gasteiger partial charge in [0.15, 0.2) is 0 Å². The number of halogens is 5. The van der Waals surface area contributed by atoms with Crippen LogP contribution in [-0.4, -0.2) is 52.2 Å². The summed E-state index contributed by atoms with van der Waals surface area (Å²) in [7, 11) is 0. The molecule has 2 atom stereocenters. The van der Waals surface area contributed by atoms with E-state index >= 15 is 0 Å². The minimum absolute atomic E-state index is 0.269. The molecule has 2 aliphatic heterocycles. The first-order chi connectivity index (χ1) is 15.2. The average molecular weight is 502 g/mol. The van der Waals surface area contributed by atoms with E-state index in [1.165, 1.54) is 6.33 Å². The van der Waals surface area contributed by atoms with E-state index in [1.54, 1.807) is 12.1 Å². The Labute approximate surface area is 197 Å². The van der Waals surface area contributed by atoms with Crippen molar-refractivity contribution in [3.05, 3.63) is 45.3 Å². The second-order valence-corrected chi connectivity index (χ2v) is 10.3. The van der Waals surface area contributed by atoms with Gasteiger partial charge in [-0.15, -0.1) is 11.3 Å². The SMILES string of the molecule is FC(F)(F)Cc1cc2c(N3C[C@H]4CCN(Cc5ccc(Cl)nc5Cl)C[C@H]4C3)ncnc2s1. The summed E-state index contributed by atoms with van der Waals surface area (Å²) in [6, 6.07) is 5.27. The predicted molar refractivity (Wildman–Crippen MR) is 121 cm³/mol. The van der Waals surface area contributed by atoms with Gasteiger partial charge in [-0.25, -0.2) is 15.0 Å². The summed E-state index contributed by atoms with van der Waals surface area (Å²) < 4.78 is 38.5. The molecule has 0 amide bonds. The van der Waals surface area contributed by atoms with Gasteiger partial charge >= 0.3 is 6.18 Å². The van der Waals surface area contributed by atoms with Crippen molar-refractivity contribution in [2.75, 3.05) is 31.1 Å². The summed E-state index contributed by atoms with van der Waals surface area (Å²) in [5.41, 5.74) is 0.956. The number of anilines is 1. The Balaban J connectivity index is 1.30. The molecule has 2 aliphatic rings. The van der Waals surface area contributed by atoms with Gasteiger partial charge in [-0.3, -0.25) is 4.90 Å². The highest BCUT2D eigenvalue weighted by atomic mass is 35.5. The Bertz CT molecular complexity index is 1140. The van der Waals surface area contributed by atoms with Gasteiger partial charge in [0.05, 0.1) is 11.8 Å². The number of nitrogens with zero attached hydrogens (tertiary/aromatic N) is 5. The first-order valence-corrected chi connectivity index (χ1v) is 11.9. The molecule has 32 heavy (non-hydrogen) atoms. The third-order valence-electron chi connectivity index (χ3n) is 6.20. The summed E-state index contributed by atoms with van der Waals surface area (Å²) >= 11 is 13.2. The molecule has 2 saturated heterocycles. The molecular formula is C21H20Cl2F3N5S. The number of piperidine rings is 1. The number of alkyl halides is 3. The van der Waals surface area contributed by atoms with E-state index in [4.69, 9.17) is 23.2 Å². The lowest BCUT2D eigenvalue weighted by Crippen LogP contribution is -2.39. The molecule has 3 aromatic heterocycles. The molecule has 5 heterocycles. The first-order valence-electron chi connectivity index (χ1n) is 10.3. The topological polar surface area (TPSA) is 45.2 Å². The van der Waals surface area contributed by atoms with E-state index < -0.39 is 12.6 Å². The summed E-state index contributed by atoms with van der Waals surface area (Å²) in [5, 5.41) is 1.53. The third-order valence-corrected chi connectivity index (χ3v) is 7.79. The smallest absolute Gasteiger partial charge is 0.355 e. The van der Waals surface area contributed by atoms with Gasteiger partial charge in [0.1, 0.15) is 27.3 Å². The zero-order chi connectivity index (χ0) is 22.5. The minimum atomic E-state index is -4.23. The number of aromatic nitrogens is 3. The number of hydrogen-bond donors (Lipinski definition) is 0. The lowest BCUT2D eigenvalue weighted by molar-refractivity contribution is -0.126. The second-order valence-electron chi connectivity index (χ2n) is 8.45. The van der Waals surface area contributed by atoms with Crippen LogP contribution in [0.2, 0.25) is 10.3 Å². The molecule has 0 saturated carbocycles. The van der Waals surface area contributed by atoms with Crippen LogP contribution < -0.4 is 4.90 Å². The average Bonchev–Trinajstić information content (AvgIpc) is 3.31. The minimum Gasteiger partial charge on any atom is -0.355 e. The van der Waals surface area contributed by atoms with Crippen LogP contribution in [0.5, 0.6) is 0 Å². The molecule has 2 fully saturated rings. The van der Waals surface area contributed by atoms with Crippen LogP contribution in [0.1, 0.15) is 16.9 Å². The predicted octanol–water partition coefficient (Wildman–Crippen LogP) is 5.46. The van der Waals surface area contributed by atoms with Crippen molar-refractivity contribution in [1.29, 1.82) is 0 Å². The lowest BCUT2D eigenvalue weighted by Gasteiger charge is -2.34. The number of fused-ring (bicyclic) bond motifs is 2. The van der Waals surface area contributed by atoms with Gasteiger partial charge in [0.25, 0.3) is 0 Å². The fourth-order valence-corrected chi connectivity index (χ4v) is 6.22. The van der Waals surface area contributed by atoms with E-state index in [-0.39, 0.29) is 4.88 Å². The quantitative estimate of drug-likeness (QED) is 0.444. The van der Waals surface area contributed by atoms with Crippen LogP contribution in [-0.2, 0) is 13.0 Å². The summed E-state index contributed by atoms with van der Waals surface area (Å²) in [6.45, 7) is 4.29. The molecule has 0 bridgehead atoms. The van der Waals surface area contributed by atoms with Crippen molar-refractivity contribution in [3.63, 3.8) is 0 Å². The number of likely N-dealkylation sites (tertiary alicyclic amines) is 1. The van der Waals surface area contributed by atoms with E-state index in [0.717, 1.165) is 61.9 Å². The molecule has 0 radical (unpaired) electrons. The third kappa shape index (κ3) is 4.66. The molecule has 3 aromatic rings. The van der Waals surface area contributed by atoms with Crippen molar-refractivity contribution < 1.29 is 13.2 Å². The molecule has 0 unspecified atom stereocenters. The summed E-state index contributed by atoms with van der Waals surface area (Å²) in [6.07, 6.45) is -2.66. The molecule has 0 aromatic carbocycles. The fraction of sp³-hybridized carbons (Fsp3) is 0.476. The van der Waals surface area contributed by atoms with Crippen molar-refractivity contribution in [3.8, 4) is 0 Å². The van der Waals surface area contributed by atoms with E-state index in [0.29, 0.717) is 32.4 Å². The Morgan fingerprint density at radius 1 is 1.09 bits per heavy atom. The van der Waals surface area contributed by atoms with Gasteiger partial charge in [0, 0.05) is 36.6 Å². The van der Waals surface area contributed by atoms with Crippen LogP contribution in [0.15, 0.2) is 24.5 Å². The van der Waals surface area contributed by atoms with Gasteiger partial charge in [-0.05, 0) is 36.9 Å². The molecule has 0 spiro atoms. The monoisotopic (exact) mass is 501 g/mol. The Hall–Kier alpha value is -1.68. The number of hydrogen-bond acceptors (Lipinski definition) is 6. The molecule has 170 valence electrons. The van der Waals surface area contributed by atoms with Gasteiger partial charge in [0.2, 0.25) is 0 Å². The van der Waals surface area contributed by atoms with Crippen LogP contribution in [0.3, 0.4) is 0 Å². The standard InChI is InChI=1S/C21H20Cl2F3N5S/c22-17-2-1-13(18(23)29-17)7-30-4-3-12-9-31(10-14(12)8-30)19-16-5-15(6-21(24,25)26)32-20(16)28-11-27-19/h1-2,5,11-12,14H,3-4,6-10H2/t12-,14+/m1/s1. The first kappa shape index (κ1) is 22.1. The highest BCUT2D eigenvalue weighted by Gasteiger charge is 2.38. The van der Waals surface area contributed by atoms with Crippen molar-refractivity contribution >= 4 is 50.6 Å². The summed E-state index contributed by atoms with van der Waals surface area (Å²) in [5.74, 6) is 1.73. The van der Waals surface area contributed by atoms with Gasteiger partial charge in [-0.2, -0.15) is 13.2 Å². The highest BCUT2D eigenvalue weighted by Crippen LogP contribution is 2.38. The number of thiophene rings is 1. The van der Waals surface area contributed by atoms with Crippen LogP contribution in [0.25, 0.3) is 10.2 Å². The molecule has 0 N–H and O–H groups in total. The molecular weight excluding hydrogens is 482 g/mol. The second kappa shape index (κ2) is 8.59. The zero-order valence-electron chi connectivity index (χ0n) is 16.9. The van der Waals surface area contributed by atoms with Crippen LogP contribution in [0, 0.1) is 11.8 Å². The van der Waals surface area contributed by atoms with Crippen molar-refractivity contribution in [2.24, 2.45) is 11.8 Å². The lowest BCUT2D eigenvalue weighted by atomic mass is 9.88. The Morgan fingerprint density at radius 2 is 1.91 bits per heavy atom. The Kier molecular flexibility index (Phi) is 5.94.